The Bertz CT molecular complexity index is 1280. The van der Waals surface area contributed by atoms with Crippen LogP contribution in [0.5, 0.6) is 0 Å². The molecule has 37 heavy (non-hydrogen) atoms. The quantitative estimate of drug-likeness (QED) is 0.252. The number of methoxy groups -OCH3 is 2. The number of thiazole rings is 1. The van der Waals surface area contributed by atoms with E-state index in [0.29, 0.717) is 23.7 Å². The van der Waals surface area contributed by atoms with Gasteiger partial charge in [-0.3, -0.25) is 14.1 Å². The third-order valence-electron chi connectivity index (χ3n) is 5.19. The maximum atomic E-state index is 13.4. The molecule has 0 radical (unpaired) electrons. The summed E-state index contributed by atoms with van der Waals surface area (Å²) in [5.74, 6) is -0.424. The summed E-state index contributed by atoms with van der Waals surface area (Å²) in [5.41, 5.74) is 2.53. The van der Waals surface area contributed by atoms with Gasteiger partial charge in [0.25, 0.3) is 0 Å². The van der Waals surface area contributed by atoms with Gasteiger partial charge in [-0.2, -0.15) is 8.42 Å². The molecular formula is C24H28N4O7S2. The summed E-state index contributed by atoms with van der Waals surface area (Å²) in [5, 5.41) is 8.05. The van der Waals surface area contributed by atoms with Crippen molar-refractivity contribution in [3.63, 3.8) is 0 Å². The summed E-state index contributed by atoms with van der Waals surface area (Å²) < 4.78 is 42.9. The first-order valence-corrected chi connectivity index (χ1v) is 13.4. The number of alkyl carbamates (subject to hydrolysis) is 1. The fourth-order valence-corrected chi connectivity index (χ4v) is 4.81. The molecule has 0 aliphatic heterocycles. The van der Waals surface area contributed by atoms with E-state index in [0.717, 1.165) is 11.1 Å². The normalized spacial score (nSPS) is 12.8. The molecule has 0 aliphatic carbocycles. The van der Waals surface area contributed by atoms with Gasteiger partial charge in [0, 0.05) is 18.9 Å². The molecule has 13 heteroatoms. The molecule has 4 N–H and O–H groups in total. The lowest BCUT2D eigenvalue weighted by Gasteiger charge is -2.22. The van der Waals surface area contributed by atoms with Gasteiger partial charge < -0.3 is 20.1 Å². The molecule has 2 aromatic carbocycles. The number of aromatic nitrogens is 1. The van der Waals surface area contributed by atoms with Gasteiger partial charge in [0.05, 0.1) is 31.1 Å². The Labute approximate surface area is 219 Å². The van der Waals surface area contributed by atoms with Crippen molar-refractivity contribution in [3.8, 4) is 0 Å². The number of amides is 2. The minimum absolute atomic E-state index is 0.189. The van der Waals surface area contributed by atoms with E-state index in [1.54, 1.807) is 19.2 Å². The molecule has 0 saturated carbocycles. The zero-order valence-electron chi connectivity index (χ0n) is 20.2. The van der Waals surface area contributed by atoms with E-state index < -0.39 is 34.4 Å². The van der Waals surface area contributed by atoms with Crippen LogP contribution in [-0.2, 0) is 44.0 Å². The number of benzene rings is 2. The van der Waals surface area contributed by atoms with Gasteiger partial charge in [-0.05, 0) is 29.7 Å². The van der Waals surface area contributed by atoms with Crippen LogP contribution in [0.3, 0.4) is 0 Å². The van der Waals surface area contributed by atoms with E-state index in [2.05, 4.69) is 15.6 Å². The highest BCUT2D eigenvalue weighted by Crippen LogP contribution is 2.24. The number of anilines is 1. The fourth-order valence-electron chi connectivity index (χ4n) is 3.52. The molecule has 0 spiro atoms. The second kappa shape index (κ2) is 13.1. The van der Waals surface area contributed by atoms with Gasteiger partial charge >= 0.3 is 16.4 Å². The Balaban J connectivity index is 1.83. The van der Waals surface area contributed by atoms with Crippen LogP contribution in [0.4, 0.5) is 10.5 Å². The highest BCUT2D eigenvalue weighted by atomic mass is 32.2. The molecule has 2 atom stereocenters. The minimum atomic E-state index is -4.39. The lowest BCUT2D eigenvalue weighted by atomic mass is 10.0. The van der Waals surface area contributed by atoms with Crippen molar-refractivity contribution < 1.29 is 32.0 Å². The van der Waals surface area contributed by atoms with Gasteiger partial charge in [-0.25, -0.2) is 9.78 Å². The van der Waals surface area contributed by atoms with Crippen molar-refractivity contribution in [3.05, 3.63) is 81.8 Å². The third kappa shape index (κ3) is 9.13. The number of nitrogens with zero attached hydrogens (tertiary/aromatic N) is 1. The lowest BCUT2D eigenvalue weighted by Crippen LogP contribution is -2.49. The predicted octanol–water partition coefficient (Wildman–Crippen LogP) is 2.87. The monoisotopic (exact) mass is 548 g/mol. The minimum Gasteiger partial charge on any atom is -0.453 e. The topological polar surface area (TPSA) is 156 Å². The van der Waals surface area contributed by atoms with Crippen LogP contribution in [0.2, 0.25) is 0 Å². The van der Waals surface area contributed by atoms with Crippen molar-refractivity contribution in [2.45, 2.75) is 31.5 Å². The molecule has 11 nitrogen and oxygen atoms in total. The Morgan fingerprint density at radius 1 is 1.00 bits per heavy atom. The van der Waals surface area contributed by atoms with E-state index in [9.17, 15) is 18.0 Å². The Morgan fingerprint density at radius 2 is 1.68 bits per heavy atom. The maximum absolute atomic E-state index is 13.4. The molecule has 0 aliphatic rings. The molecule has 0 bridgehead atoms. The highest BCUT2D eigenvalue weighted by molar-refractivity contribution is 7.87. The largest absolute Gasteiger partial charge is 0.453 e. The van der Waals surface area contributed by atoms with Crippen LogP contribution < -0.4 is 15.4 Å². The van der Waals surface area contributed by atoms with Crippen LogP contribution in [0.1, 0.15) is 27.9 Å². The number of carbonyl (C=O) groups is 2. The van der Waals surface area contributed by atoms with Crippen LogP contribution in [0.15, 0.2) is 60.0 Å². The van der Waals surface area contributed by atoms with E-state index >= 15 is 0 Å². The van der Waals surface area contributed by atoms with Crippen LogP contribution in [-0.4, -0.2) is 50.2 Å². The number of carbonyl (C=O) groups excluding carboxylic acids is 2. The molecule has 1 heterocycles. The lowest BCUT2D eigenvalue weighted by molar-refractivity contribution is -0.123. The Morgan fingerprint density at radius 3 is 2.30 bits per heavy atom. The van der Waals surface area contributed by atoms with Crippen LogP contribution in [0.25, 0.3) is 0 Å². The molecule has 0 saturated heterocycles. The number of rotatable bonds is 12. The molecule has 2 unspecified atom stereocenters. The van der Waals surface area contributed by atoms with Gasteiger partial charge in [0.1, 0.15) is 11.0 Å². The molecular weight excluding hydrogens is 520 g/mol. The summed E-state index contributed by atoms with van der Waals surface area (Å²) >= 11 is 1.36. The average molecular weight is 549 g/mol. The van der Waals surface area contributed by atoms with E-state index in [1.165, 1.54) is 30.6 Å². The molecule has 0 fully saturated rings. The number of ether oxygens (including phenoxy) is 2. The van der Waals surface area contributed by atoms with E-state index in [1.807, 2.05) is 40.4 Å². The van der Waals surface area contributed by atoms with Crippen molar-refractivity contribution >= 4 is 39.3 Å². The zero-order valence-corrected chi connectivity index (χ0v) is 21.8. The smallest absolute Gasteiger partial charge is 0.407 e. The standard InChI is InChI=1S/C24H28N4O7S2/c1-34-14-19-15-36-23(25-19)21(13-17-8-10-18(11-9-17)28-37(31,32)33)26-22(29)20(27-24(30)35-2)12-16-6-4-3-5-7-16/h3-11,15,20-21,28H,12-14H2,1-2H3,(H,26,29)(H,27,30)(H,31,32,33). The summed E-state index contributed by atoms with van der Waals surface area (Å²) in [6, 6.07) is 14.1. The Kier molecular flexibility index (Phi) is 9.97. The molecule has 198 valence electrons. The summed E-state index contributed by atoms with van der Waals surface area (Å²) in [6.45, 7) is 0.313. The number of hydrogen-bond donors (Lipinski definition) is 4. The first-order valence-electron chi connectivity index (χ1n) is 11.1. The van der Waals surface area contributed by atoms with Crippen molar-refractivity contribution in [2.24, 2.45) is 0 Å². The SMILES string of the molecule is COCc1csc(C(Cc2ccc(NS(=O)(=O)O)cc2)NC(=O)C(Cc2ccccc2)NC(=O)OC)n1. The van der Waals surface area contributed by atoms with Crippen molar-refractivity contribution in [2.75, 3.05) is 18.9 Å². The van der Waals surface area contributed by atoms with E-state index in [4.69, 9.17) is 14.0 Å². The van der Waals surface area contributed by atoms with Crippen molar-refractivity contribution in [1.82, 2.24) is 15.6 Å². The fraction of sp³-hybridized carbons (Fsp3) is 0.292. The van der Waals surface area contributed by atoms with Gasteiger partial charge in [0.15, 0.2) is 0 Å². The van der Waals surface area contributed by atoms with Gasteiger partial charge in [-0.1, -0.05) is 42.5 Å². The second-order valence-corrected chi connectivity index (χ2v) is 10.1. The zero-order chi connectivity index (χ0) is 26.8. The molecule has 3 rings (SSSR count). The summed E-state index contributed by atoms with van der Waals surface area (Å²) in [4.78, 5) is 29.9. The summed E-state index contributed by atoms with van der Waals surface area (Å²) in [7, 11) is -1.61. The van der Waals surface area contributed by atoms with Gasteiger partial charge in [0.2, 0.25) is 5.91 Å². The highest BCUT2D eigenvalue weighted by Gasteiger charge is 2.26. The summed E-state index contributed by atoms with van der Waals surface area (Å²) in [6.07, 6.45) is -0.156. The first kappa shape index (κ1) is 28.1. The third-order valence-corrected chi connectivity index (χ3v) is 6.69. The van der Waals surface area contributed by atoms with Crippen molar-refractivity contribution in [1.29, 1.82) is 0 Å². The van der Waals surface area contributed by atoms with Crippen LogP contribution in [0, 0.1) is 0 Å². The van der Waals surface area contributed by atoms with Gasteiger partial charge in [-0.15, -0.1) is 11.3 Å². The Hall–Kier alpha value is -3.52. The second-order valence-electron chi connectivity index (χ2n) is 8.03. The average Bonchev–Trinajstić information content (AvgIpc) is 3.33. The molecule has 2 amide bonds. The predicted molar refractivity (Wildman–Crippen MR) is 139 cm³/mol. The van der Waals surface area contributed by atoms with Crippen LogP contribution >= 0.6 is 11.3 Å². The first-order chi connectivity index (χ1) is 17.7. The number of nitrogens with one attached hydrogen (secondary N) is 3. The molecule has 3 aromatic rings. The number of hydrogen-bond acceptors (Lipinski definition) is 8. The molecule has 1 aromatic heterocycles. The maximum Gasteiger partial charge on any atom is 0.407 e. The van der Waals surface area contributed by atoms with E-state index in [-0.39, 0.29) is 12.1 Å².